The summed E-state index contributed by atoms with van der Waals surface area (Å²) in [6.07, 6.45) is 0.690. The van der Waals surface area contributed by atoms with Crippen molar-refractivity contribution in [1.82, 2.24) is 0 Å². The van der Waals surface area contributed by atoms with Crippen LogP contribution in [0.2, 0.25) is 0 Å². The summed E-state index contributed by atoms with van der Waals surface area (Å²) in [5.74, 6) is 0.591. The molecule has 0 aliphatic rings. The van der Waals surface area contributed by atoms with E-state index in [4.69, 9.17) is 5.73 Å². The number of carbonyl (C=O) groups excluding carboxylic acids is 1. The molecule has 0 saturated heterocycles. The van der Waals surface area contributed by atoms with E-state index in [1.54, 1.807) is 11.8 Å². The quantitative estimate of drug-likeness (QED) is 0.659. The highest BCUT2D eigenvalue weighted by Crippen LogP contribution is 2.11. The van der Waals surface area contributed by atoms with Gasteiger partial charge in [-0.05, 0) is 17.4 Å². The number of nitrogens with two attached hydrogens (primary N) is 1. The largest absolute Gasteiger partial charge is 0.468 e. The number of methoxy groups -OCH3 is 1. The summed E-state index contributed by atoms with van der Waals surface area (Å²) in [6.45, 7) is 4.24. The van der Waals surface area contributed by atoms with Gasteiger partial charge in [0, 0.05) is 0 Å². The van der Waals surface area contributed by atoms with Crippen molar-refractivity contribution in [2.45, 2.75) is 31.6 Å². The van der Waals surface area contributed by atoms with Crippen LogP contribution >= 0.6 is 11.8 Å². The molecule has 0 aromatic carbocycles. The van der Waals surface area contributed by atoms with Crippen molar-refractivity contribution in [1.29, 1.82) is 0 Å². The molecule has 0 saturated carbocycles. The molecule has 12 heavy (non-hydrogen) atoms. The third kappa shape index (κ3) is 5.43. The van der Waals surface area contributed by atoms with E-state index >= 15 is 0 Å². The van der Waals surface area contributed by atoms with Gasteiger partial charge >= 0.3 is 5.97 Å². The first kappa shape index (κ1) is 11.8. The smallest absolute Gasteiger partial charge is 0.322 e. The summed E-state index contributed by atoms with van der Waals surface area (Å²) in [7, 11) is 1.36. The van der Waals surface area contributed by atoms with Crippen LogP contribution in [0.1, 0.15) is 20.3 Å². The van der Waals surface area contributed by atoms with Crippen LogP contribution in [0.15, 0.2) is 0 Å². The average Bonchev–Trinajstić information content (AvgIpc) is 2.02. The molecule has 0 aliphatic heterocycles. The molecule has 0 aromatic heterocycles. The van der Waals surface area contributed by atoms with Crippen molar-refractivity contribution >= 4 is 17.7 Å². The molecule has 3 nitrogen and oxygen atoms in total. The molecular formula is C8H17NO2S. The van der Waals surface area contributed by atoms with Crippen molar-refractivity contribution in [3.05, 3.63) is 0 Å². The summed E-state index contributed by atoms with van der Waals surface area (Å²) in [5, 5.41) is 0.592. The van der Waals surface area contributed by atoms with E-state index in [1.807, 2.05) is 0 Å². The zero-order chi connectivity index (χ0) is 9.56. The van der Waals surface area contributed by atoms with Gasteiger partial charge in [0.15, 0.2) is 0 Å². The molecule has 1 atom stereocenters. The first-order chi connectivity index (χ1) is 5.57. The summed E-state index contributed by atoms with van der Waals surface area (Å²) in [5.41, 5.74) is 5.53. The summed E-state index contributed by atoms with van der Waals surface area (Å²) >= 11 is 1.80. The lowest BCUT2D eigenvalue weighted by molar-refractivity contribution is -0.142. The third-order valence-electron chi connectivity index (χ3n) is 1.38. The van der Waals surface area contributed by atoms with Crippen molar-refractivity contribution < 1.29 is 9.53 Å². The third-order valence-corrected chi connectivity index (χ3v) is 2.52. The van der Waals surface area contributed by atoms with Gasteiger partial charge in [0.05, 0.1) is 7.11 Å². The van der Waals surface area contributed by atoms with Crippen molar-refractivity contribution in [2.24, 2.45) is 5.73 Å². The van der Waals surface area contributed by atoms with Gasteiger partial charge < -0.3 is 10.5 Å². The highest BCUT2D eigenvalue weighted by Gasteiger charge is 2.12. The first-order valence-electron chi connectivity index (χ1n) is 4.03. The normalized spacial score (nSPS) is 13.1. The lowest BCUT2D eigenvalue weighted by atomic mass is 10.2. The van der Waals surface area contributed by atoms with Crippen molar-refractivity contribution in [3.8, 4) is 0 Å². The predicted molar refractivity (Wildman–Crippen MR) is 52.2 cm³/mol. The van der Waals surface area contributed by atoms with E-state index in [0.717, 1.165) is 5.75 Å². The van der Waals surface area contributed by atoms with Crippen molar-refractivity contribution in [2.75, 3.05) is 12.9 Å². The fraction of sp³-hybridized carbons (Fsp3) is 0.875. The molecule has 72 valence electrons. The lowest BCUT2D eigenvalue weighted by Gasteiger charge is -2.09. The number of carbonyl (C=O) groups is 1. The van der Waals surface area contributed by atoms with Crippen LogP contribution in [0.3, 0.4) is 0 Å². The number of rotatable bonds is 5. The van der Waals surface area contributed by atoms with E-state index in [-0.39, 0.29) is 5.97 Å². The van der Waals surface area contributed by atoms with Crippen LogP contribution in [-0.4, -0.2) is 30.1 Å². The van der Waals surface area contributed by atoms with Crippen molar-refractivity contribution in [3.63, 3.8) is 0 Å². The molecule has 0 unspecified atom stereocenters. The maximum absolute atomic E-state index is 10.8. The number of hydrogen-bond acceptors (Lipinski definition) is 4. The Bertz CT molecular complexity index is 139. The van der Waals surface area contributed by atoms with Crippen LogP contribution in [-0.2, 0) is 9.53 Å². The van der Waals surface area contributed by atoms with E-state index in [0.29, 0.717) is 11.7 Å². The maximum Gasteiger partial charge on any atom is 0.322 e. The van der Waals surface area contributed by atoms with E-state index in [1.165, 1.54) is 7.11 Å². The Morgan fingerprint density at radius 1 is 1.58 bits per heavy atom. The van der Waals surface area contributed by atoms with Gasteiger partial charge in [-0.15, -0.1) is 0 Å². The molecule has 0 aromatic rings. The Hall–Kier alpha value is -0.220. The van der Waals surface area contributed by atoms with Crippen LogP contribution in [0.5, 0.6) is 0 Å². The number of hydrogen-bond donors (Lipinski definition) is 1. The molecule has 0 amide bonds. The molecular weight excluding hydrogens is 174 g/mol. The molecule has 0 spiro atoms. The van der Waals surface area contributed by atoms with Crippen LogP contribution in [0.25, 0.3) is 0 Å². The molecule has 0 radical (unpaired) electrons. The minimum atomic E-state index is -0.457. The Morgan fingerprint density at radius 3 is 2.58 bits per heavy atom. The van der Waals surface area contributed by atoms with Gasteiger partial charge in [0.25, 0.3) is 0 Å². The Balaban J connectivity index is 3.43. The Kier molecular flexibility index (Phi) is 6.20. The minimum absolute atomic E-state index is 0.320. The monoisotopic (exact) mass is 191 g/mol. The minimum Gasteiger partial charge on any atom is -0.468 e. The van der Waals surface area contributed by atoms with Gasteiger partial charge in [-0.3, -0.25) is 4.79 Å². The van der Waals surface area contributed by atoms with E-state index in [9.17, 15) is 4.79 Å². The number of ether oxygens (including phenoxy) is 1. The number of esters is 1. The zero-order valence-electron chi connectivity index (χ0n) is 7.87. The molecule has 0 rings (SSSR count). The number of thioether (sulfide) groups is 1. The van der Waals surface area contributed by atoms with Crippen LogP contribution in [0.4, 0.5) is 0 Å². The standard InChI is InChI=1S/C8H17NO2S/c1-6(2)12-5-4-7(9)8(10)11-3/h6-7H,4-5,9H2,1-3H3/t7-/m0/s1. The second-order valence-electron chi connectivity index (χ2n) is 2.84. The van der Waals surface area contributed by atoms with Crippen LogP contribution < -0.4 is 5.73 Å². The van der Waals surface area contributed by atoms with Gasteiger partial charge in [-0.2, -0.15) is 11.8 Å². The summed E-state index contributed by atoms with van der Waals surface area (Å²) in [4.78, 5) is 10.8. The molecule has 0 fully saturated rings. The van der Waals surface area contributed by atoms with Gasteiger partial charge in [-0.25, -0.2) is 0 Å². The Labute approximate surface area is 78.0 Å². The zero-order valence-corrected chi connectivity index (χ0v) is 8.69. The second-order valence-corrected chi connectivity index (χ2v) is 4.52. The molecule has 0 bridgehead atoms. The van der Waals surface area contributed by atoms with Gasteiger partial charge in [0.1, 0.15) is 6.04 Å². The first-order valence-corrected chi connectivity index (χ1v) is 5.07. The molecule has 0 aliphatic carbocycles. The topological polar surface area (TPSA) is 52.3 Å². The highest BCUT2D eigenvalue weighted by molar-refractivity contribution is 7.99. The Morgan fingerprint density at radius 2 is 2.17 bits per heavy atom. The predicted octanol–water partition coefficient (Wildman–Crippen LogP) is 1.02. The fourth-order valence-electron chi connectivity index (χ4n) is 0.700. The van der Waals surface area contributed by atoms with E-state index < -0.39 is 6.04 Å². The summed E-state index contributed by atoms with van der Waals surface area (Å²) < 4.78 is 4.50. The maximum atomic E-state index is 10.8. The SMILES string of the molecule is COC(=O)[C@@H](N)CCSC(C)C. The van der Waals surface area contributed by atoms with Gasteiger partial charge in [-0.1, -0.05) is 13.8 Å². The van der Waals surface area contributed by atoms with Crippen LogP contribution in [0, 0.1) is 0 Å². The highest BCUT2D eigenvalue weighted by atomic mass is 32.2. The second kappa shape index (κ2) is 6.31. The van der Waals surface area contributed by atoms with Gasteiger partial charge in [0.2, 0.25) is 0 Å². The van der Waals surface area contributed by atoms with E-state index in [2.05, 4.69) is 18.6 Å². The fourth-order valence-corrected chi connectivity index (χ4v) is 1.56. The summed E-state index contributed by atoms with van der Waals surface area (Å²) in [6, 6.07) is -0.457. The molecule has 0 heterocycles. The lowest BCUT2D eigenvalue weighted by Crippen LogP contribution is -2.32. The molecule has 4 heteroatoms. The average molecular weight is 191 g/mol. The molecule has 2 N–H and O–H groups in total.